The van der Waals surface area contributed by atoms with Crippen LogP contribution in [0.4, 0.5) is 0 Å². The Hall–Kier alpha value is -3.46. The fraction of sp³-hybridized carbons (Fsp3) is 0.154. The van der Waals surface area contributed by atoms with Crippen LogP contribution in [0.3, 0.4) is 0 Å². The highest BCUT2D eigenvalue weighted by atomic mass is 16.2. The van der Waals surface area contributed by atoms with Crippen molar-refractivity contribution in [3.63, 3.8) is 0 Å². The van der Waals surface area contributed by atoms with Crippen LogP contribution in [0.2, 0.25) is 0 Å². The molecular formula is C26H23NO2. The summed E-state index contributed by atoms with van der Waals surface area (Å²) in [7, 11) is 0. The van der Waals surface area contributed by atoms with Crippen LogP contribution in [0, 0.1) is 0 Å². The fourth-order valence-corrected chi connectivity index (χ4v) is 3.76. The highest BCUT2D eigenvalue weighted by Gasteiger charge is 2.34. The topological polar surface area (TPSA) is 37.4 Å². The summed E-state index contributed by atoms with van der Waals surface area (Å²) in [4.78, 5) is 26.3. The Morgan fingerprint density at radius 3 is 2.17 bits per heavy atom. The standard InChI is InChI=1S/C26H23NO2/c1-19(22-12-3-2-4-13-22)17-21-10-7-9-20(18-21)11-8-16-27-25(28)23-14-5-6-15-24(23)26(27)29/h2-7,9-10,12-15,17-18H,8,11,16H2,1H3/b19-17+. The minimum Gasteiger partial charge on any atom is -0.274 e. The third-order valence-electron chi connectivity index (χ3n) is 5.29. The van der Waals surface area contributed by atoms with E-state index in [1.54, 1.807) is 24.3 Å². The Morgan fingerprint density at radius 1 is 0.828 bits per heavy atom. The summed E-state index contributed by atoms with van der Waals surface area (Å²) in [6.07, 6.45) is 3.75. The van der Waals surface area contributed by atoms with Gasteiger partial charge in [-0.05, 0) is 54.2 Å². The third-order valence-corrected chi connectivity index (χ3v) is 5.29. The smallest absolute Gasteiger partial charge is 0.261 e. The summed E-state index contributed by atoms with van der Waals surface area (Å²) in [5.41, 5.74) is 5.82. The van der Waals surface area contributed by atoms with E-state index in [-0.39, 0.29) is 11.8 Å². The predicted molar refractivity (Wildman–Crippen MR) is 117 cm³/mol. The molecule has 1 aliphatic rings. The summed E-state index contributed by atoms with van der Waals surface area (Å²) < 4.78 is 0. The van der Waals surface area contributed by atoms with Gasteiger partial charge < -0.3 is 0 Å². The lowest BCUT2D eigenvalue weighted by Crippen LogP contribution is -2.30. The molecule has 0 saturated carbocycles. The normalized spacial score (nSPS) is 13.7. The first-order valence-corrected chi connectivity index (χ1v) is 9.91. The van der Waals surface area contributed by atoms with E-state index in [4.69, 9.17) is 0 Å². The monoisotopic (exact) mass is 381 g/mol. The molecule has 0 N–H and O–H groups in total. The van der Waals surface area contributed by atoms with Gasteiger partial charge in [0.15, 0.2) is 0 Å². The maximum Gasteiger partial charge on any atom is 0.261 e. The van der Waals surface area contributed by atoms with Gasteiger partial charge in [0, 0.05) is 6.54 Å². The minimum absolute atomic E-state index is 0.180. The molecule has 3 nitrogen and oxygen atoms in total. The van der Waals surface area contributed by atoms with Crippen molar-refractivity contribution in [1.82, 2.24) is 4.90 Å². The number of aryl methyl sites for hydroxylation is 1. The van der Waals surface area contributed by atoms with E-state index in [9.17, 15) is 9.59 Å². The van der Waals surface area contributed by atoms with E-state index in [2.05, 4.69) is 49.4 Å². The summed E-state index contributed by atoms with van der Waals surface area (Å²) in [6, 6.07) is 25.8. The molecule has 2 amide bonds. The van der Waals surface area contributed by atoms with Crippen molar-refractivity contribution in [3.05, 3.63) is 107 Å². The number of allylic oxidation sites excluding steroid dienone is 1. The summed E-state index contributed by atoms with van der Waals surface area (Å²) in [6.45, 7) is 2.56. The van der Waals surface area contributed by atoms with Gasteiger partial charge in [-0.15, -0.1) is 0 Å². The average Bonchev–Trinajstić information content (AvgIpc) is 3.00. The van der Waals surface area contributed by atoms with Crippen LogP contribution in [0.1, 0.15) is 50.8 Å². The van der Waals surface area contributed by atoms with Crippen molar-refractivity contribution in [2.75, 3.05) is 6.54 Å². The maximum atomic E-state index is 12.5. The zero-order chi connectivity index (χ0) is 20.2. The van der Waals surface area contributed by atoms with Crippen LogP contribution in [0.25, 0.3) is 11.6 Å². The average molecular weight is 381 g/mol. The zero-order valence-corrected chi connectivity index (χ0v) is 16.5. The second kappa shape index (κ2) is 8.27. The van der Waals surface area contributed by atoms with Gasteiger partial charge in [0.1, 0.15) is 0 Å². The largest absolute Gasteiger partial charge is 0.274 e. The Labute approximate surface area is 171 Å². The van der Waals surface area contributed by atoms with Gasteiger partial charge in [0.25, 0.3) is 11.8 Å². The van der Waals surface area contributed by atoms with Crippen molar-refractivity contribution < 1.29 is 9.59 Å². The first-order chi connectivity index (χ1) is 14.1. The number of rotatable bonds is 6. The number of nitrogens with zero attached hydrogens (tertiary/aromatic N) is 1. The number of amides is 2. The van der Waals surface area contributed by atoms with Crippen LogP contribution >= 0.6 is 0 Å². The van der Waals surface area contributed by atoms with Crippen LogP contribution < -0.4 is 0 Å². The van der Waals surface area contributed by atoms with Crippen molar-refractivity contribution in [1.29, 1.82) is 0 Å². The quantitative estimate of drug-likeness (QED) is 0.419. The van der Waals surface area contributed by atoms with E-state index < -0.39 is 0 Å². The lowest BCUT2D eigenvalue weighted by molar-refractivity contribution is 0.0652. The van der Waals surface area contributed by atoms with Crippen molar-refractivity contribution in [3.8, 4) is 0 Å². The highest BCUT2D eigenvalue weighted by molar-refractivity contribution is 6.21. The second-order valence-corrected chi connectivity index (χ2v) is 7.35. The summed E-state index contributed by atoms with van der Waals surface area (Å²) in [5.74, 6) is -0.360. The summed E-state index contributed by atoms with van der Waals surface area (Å²) >= 11 is 0. The molecule has 0 aliphatic carbocycles. The zero-order valence-electron chi connectivity index (χ0n) is 16.5. The van der Waals surface area contributed by atoms with E-state index >= 15 is 0 Å². The molecule has 0 radical (unpaired) electrons. The van der Waals surface area contributed by atoms with E-state index in [1.807, 2.05) is 18.2 Å². The number of carbonyl (C=O) groups excluding carboxylic acids is 2. The Kier molecular flexibility index (Phi) is 5.39. The molecule has 0 saturated heterocycles. The molecule has 144 valence electrons. The number of carbonyl (C=O) groups is 2. The maximum absolute atomic E-state index is 12.5. The van der Waals surface area contributed by atoms with Gasteiger partial charge in [-0.25, -0.2) is 0 Å². The third kappa shape index (κ3) is 4.04. The number of hydrogen-bond donors (Lipinski definition) is 0. The van der Waals surface area contributed by atoms with Crippen LogP contribution in [0.5, 0.6) is 0 Å². The predicted octanol–water partition coefficient (Wildman–Crippen LogP) is 5.48. The molecule has 3 aromatic carbocycles. The van der Waals surface area contributed by atoms with E-state index in [1.165, 1.54) is 21.6 Å². The number of fused-ring (bicyclic) bond motifs is 1. The molecule has 0 spiro atoms. The number of benzene rings is 3. The molecule has 0 bridgehead atoms. The lowest BCUT2D eigenvalue weighted by atomic mass is 10.0. The minimum atomic E-state index is -0.180. The van der Waals surface area contributed by atoms with Crippen LogP contribution in [-0.2, 0) is 6.42 Å². The summed E-state index contributed by atoms with van der Waals surface area (Å²) in [5, 5.41) is 0. The molecule has 3 aromatic rings. The number of imide groups is 1. The Bertz CT molecular complexity index is 1050. The van der Waals surface area contributed by atoms with Crippen molar-refractivity contribution in [2.45, 2.75) is 19.8 Å². The van der Waals surface area contributed by atoms with Gasteiger partial charge >= 0.3 is 0 Å². The second-order valence-electron chi connectivity index (χ2n) is 7.35. The van der Waals surface area contributed by atoms with Gasteiger partial charge in [-0.2, -0.15) is 0 Å². The lowest BCUT2D eigenvalue weighted by Gasteiger charge is -2.13. The molecule has 0 atom stereocenters. The molecule has 0 unspecified atom stereocenters. The Balaban J connectivity index is 1.40. The van der Waals surface area contributed by atoms with Gasteiger partial charge in [-0.3, -0.25) is 14.5 Å². The van der Waals surface area contributed by atoms with Gasteiger partial charge in [0.2, 0.25) is 0 Å². The first-order valence-electron chi connectivity index (χ1n) is 9.91. The number of hydrogen-bond acceptors (Lipinski definition) is 2. The molecular weight excluding hydrogens is 358 g/mol. The van der Waals surface area contributed by atoms with Crippen LogP contribution in [-0.4, -0.2) is 23.3 Å². The van der Waals surface area contributed by atoms with Gasteiger partial charge in [-0.1, -0.05) is 72.8 Å². The molecule has 29 heavy (non-hydrogen) atoms. The fourth-order valence-electron chi connectivity index (χ4n) is 3.76. The van der Waals surface area contributed by atoms with Crippen LogP contribution in [0.15, 0.2) is 78.9 Å². The van der Waals surface area contributed by atoms with E-state index in [0.29, 0.717) is 17.7 Å². The molecule has 1 aliphatic heterocycles. The van der Waals surface area contributed by atoms with E-state index in [0.717, 1.165) is 18.4 Å². The van der Waals surface area contributed by atoms with Crippen molar-refractivity contribution >= 4 is 23.5 Å². The highest BCUT2D eigenvalue weighted by Crippen LogP contribution is 2.23. The molecule has 4 rings (SSSR count). The SMILES string of the molecule is C/C(=C\c1cccc(CCCN2C(=O)c3ccccc3C2=O)c1)c1ccccc1. The first kappa shape index (κ1) is 18.9. The van der Waals surface area contributed by atoms with Crippen molar-refractivity contribution in [2.24, 2.45) is 0 Å². The molecule has 0 fully saturated rings. The molecule has 0 aromatic heterocycles. The molecule has 1 heterocycles. The van der Waals surface area contributed by atoms with Gasteiger partial charge in [0.05, 0.1) is 11.1 Å². The Morgan fingerprint density at radius 2 is 1.48 bits per heavy atom. The molecule has 3 heteroatoms.